The van der Waals surface area contributed by atoms with E-state index in [1.165, 1.54) is 11.3 Å². The van der Waals surface area contributed by atoms with Crippen molar-refractivity contribution in [3.05, 3.63) is 58.6 Å². The zero-order chi connectivity index (χ0) is 13.4. The second-order valence-corrected chi connectivity index (χ2v) is 5.34. The van der Waals surface area contributed by atoms with Crippen LogP contribution in [-0.4, -0.2) is 10.8 Å². The summed E-state index contributed by atoms with van der Waals surface area (Å²) < 4.78 is 0. The Hall–Kier alpha value is -2.20. The lowest BCUT2D eigenvalue weighted by molar-refractivity contribution is 0.104. The number of rotatable bonds is 2. The number of nitrogen functional groups attached to an aromatic ring is 1. The number of fused-ring (bicyclic) bond motifs is 1. The van der Waals surface area contributed by atoms with Gasteiger partial charge >= 0.3 is 0 Å². The van der Waals surface area contributed by atoms with E-state index in [1.807, 2.05) is 37.3 Å². The second-order valence-electron chi connectivity index (χ2n) is 4.35. The van der Waals surface area contributed by atoms with Crippen LogP contribution in [0.25, 0.3) is 10.2 Å². The van der Waals surface area contributed by atoms with E-state index >= 15 is 0 Å². The monoisotopic (exact) mass is 268 g/mol. The summed E-state index contributed by atoms with van der Waals surface area (Å²) >= 11 is 1.36. The molecule has 0 saturated carbocycles. The van der Waals surface area contributed by atoms with Crippen molar-refractivity contribution in [2.75, 3.05) is 5.73 Å². The summed E-state index contributed by atoms with van der Waals surface area (Å²) in [6.07, 6.45) is 0. The van der Waals surface area contributed by atoms with E-state index in [0.29, 0.717) is 16.1 Å². The average Bonchev–Trinajstić information content (AvgIpc) is 2.75. The van der Waals surface area contributed by atoms with Crippen LogP contribution in [0.15, 0.2) is 42.5 Å². The number of carbonyl (C=O) groups excluding carboxylic acids is 1. The van der Waals surface area contributed by atoms with Gasteiger partial charge < -0.3 is 5.73 Å². The van der Waals surface area contributed by atoms with Crippen molar-refractivity contribution in [1.29, 1.82) is 0 Å². The first-order chi connectivity index (χ1) is 9.16. The Labute approximate surface area is 114 Å². The number of hydrogen-bond acceptors (Lipinski definition) is 4. The Balaban J connectivity index is 2.16. The van der Waals surface area contributed by atoms with Gasteiger partial charge in [-0.1, -0.05) is 30.3 Å². The highest BCUT2D eigenvalue weighted by molar-refractivity contribution is 7.21. The Morgan fingerprint density at radius 1 is 1.16 bits per heavy atom. The van der Waals surface area contributed by atoms with Crippen molar-refractivity contribution in [3.63, 3.8) is 0 Å². The summed E-state index contributed by atoms with van der Waals surface area (Å²) in [6, 6.07) is 13.0. The summed E-state index contributed by atoms with van der Waals surface area (Å²) in [4.78, 5) is 18.2. The van der Waals surface area contributed by atoms with Crippen molar-refractivity contribution in [1.82, 2.24) is 4.98 Å². The maximum absolute atomic E-state index is 12.4. The van der Waals surface area contributed by atoms with Crippen LogP contribution in [0.3, 0.4) is 0 Å². The van der Waals surface area contributed by atoms with Crippen molar-refractivity contribution in [3.8, 4) is 0 Å². The molecule has 94 valence electrons. The first-order valence-corrected chi connectivity index (χ1v) is 6.74. The van der Waals surface area contributed by atoms with Crippen LogP contribution >= 0.6 is 11.3 Å². The quantitative estimate of drug-likeness (QED) is 0.724. The summed E-state index contributed by atoms with van der Waals surface area (Å²) in [6.45, 7) is 1.92. The zero-order valence-corrected chi connectivity index (χ0v) is 11.2. The predicted octanol–water partition coefficient (Wildman–Crippen LogP) is 3.42. The maximum Gasteiger partial charge on any atom is 0.205 e. The van der Waals surface area contributed by atoms with Gasteiger partial charge in [0.1, 0.15) is 9.71 Å². The molecule has 0 atom stereocenters. The van der Waals surface area contributed by atoms with E-state index in [-0.39, 0.29) is 5.78 Å². The molecule has 2 N–H and O–H groups in total. The number of anilines is 1. The fourth-order valence-corrected chi connectivity index (χ4v) is 3.08. The molecular formula is C15H12N2OS. The van der Waals surface area contributed by atoms with E-state index in [0.717, 1.165) is 15.9 Å². The molecule has 0 unspecified atom stereocenters. The van der Waals surface area contributed by atoms with Gasteiger partial charge in [-0.2, -0.15) is 0 Å². The van der Waals surface area contributed by atoms with Crippen LogP contribution in [0.2, 0.25) is 0 Å². The van der Waals surface area contributed by atoms with Crippen LogP contribution in [0.4, 0.5) is 5.69 Å². The molecule has 3 nitrogen and oxygen atoms in total. The van der Waals surface area contributed by atoms with Crippen molar-refractivity contribution >= 4 is 33.0 Å². The van der Waals surface area contributed by atoms with Gasteiger partial charge in [0.25, 0.3) is 0 Å². The Morgan fingerprint density at radius 3 is 2.63 bits per heavy atom. The number of nitrogens with two attached hydrogens (primary N) is 1. The minimum absolute atomic E-state index is 0.0428. The number of benzene rings is 1. The van der Waals surface area contributed by atoms with Gasteiger partial charge in [-0.05, 0) is 19.1 Å². The molecule has 0 spiro atoms. The highest BCUT2D eigenvalue weighted by Crippen LogP contribution is 2.33. The number of thiophene rings is 1. The molecule has 0 aliphatic rings. The van der Waals surface area contributed by atoms with Gasteiger partial charge in [0, 0.05) is 16.6 Å². The molecule has 0 amide bonds. The second kappa shape index (κ2) is 4.48. The summed E-state index contributed by atoms with van der Waals surface area (Å²) in [5.41, 5.74) is 8.18. The number of nitrogens with zero attached hydrogens (tertiary/aromatic N) is 1. The molecule has 2 aromatic heterocycles. The van der Waals surface area contributed by atoms with Crippen LogP contribution in [0.1, 0.15) is 20.9 Å². The summed E-state index contributed by atoms with van der Waals surface area (Å²) in [5.74, 6) is -0.0428. The molecule has 3 rings (SSSR count). The van der Waals surface area contributed by atoms with Crippen LogP contribution in [0, 0.1) is 6.92 Å². The van der Waals surface area contributed by atoms with Crippen LogP contribution < -0.4 is 5.73 Å². The molecule has 4 heteroatoms. The third-order valence-corrected chi connectivity index (χ3v) is 4.09. The fourth-order valence-electron chi connectivity index (χ4n) is 1.98. The number of ketones is 1. The van der Waals surface area contributed by atoms with E-state index in [1.54, 1.807) is 12.1 Å². The normalized spacial score (nSPS) is 10.8. The molecule has 0 radical (unpaired) electrons. The first kappa shape index (κ1) is 11.9. The molecule has 19 heavy (non-hydrogen) atoms. The fraction of sp³-hybridized carbons (Fsp3) is 0.0667. The molecule has 1 aromatic carbocycles. The van der Waals surface area contributed by atoms with E-state index < -0.39 is 0 Å². The smallest absolute Gasteiger partial charge is 0.205 e. The third kappa shape index (κ3) is 2.00. The lowest BCUT2D eigenvalue weighted by Gasteiger charge is -1.98. The molecule has 0 aliphatic heterocycles. The number of aromatic nitrogens is 1. The largest absolute Gasteiger partial charge is 0.397 e. The maximum atomic E-state index is 12.4. The number of pyridine rings is 1. The highest BCUT2D eigenvalue weighted by atomic mass is 32.1. The van der Waals surface area contributed by atoms with Crippen molar-refractivity contribution < 1.29 is 4.79 Å². The first-order valence-electron chi connectivity index (χ1n) is 5.92. The molecule has 2 heterocycles. The van der Waals surface area contributed by atoms with Gasteiger partial charge in [0.2, 0.25) is 5.78 Å². The van der Waals surface area contributed by atoms with Gasteiger partial charge in [-0.3, -0.25) is 4.79 Å². The average molecular weight is 268 g/mol. The van der Waals surface area contributed by atoms with Crippen LogP contribution in [0.5, 0.6) is 0 Å². The number of hydrogen-bond donors (Lipinski definition) is 1. The predicted molar refractivity (Wildman–Crippen MR) is 78.6 cm³/mol. The van der Waals surface area contributed by atoms with Crippen molar-refractivity contribution in [2.45, 2.75) is 6.92 Å². The zero-order valence-electron chi connectivity index (χ0n) is 10.4. The summed E-state index contributed by atoms with van der Waals surface area (Å²) in [5, 5.41) is 0.856. The van der Waals surface area contributed by atoms with Gasteiger partial charge in [-0.15, -0.1) is 11.3 Å². The van der Waals surface area contributed by atoms with E-state index in [9.17, 15) is 4.79 Å². The van der Waals surface area contributed by atoms with Gasteiger partial charge in [-0.25, -0.2) is 4.98 Å². The van der Waals surface area contributed by atoms with E-state index in [2.05, 4.69) is 4.98 Å². The molecule has 0 aliphatic carbocycles. The molecule has 0 bridgehead atoms. The minimum Gasteiger partial charge on any atom is -0.397 e. The third-order valence-electron chi connectivity index (χ3n) is 2.98. The van der Waals surface area contributed by atoms with Gasteiger partial charge in [0.15, 0.2) is 0 Å². The minimum atomic E-state index is -0.0428. The topological polar surface area (TPSA) is 56.0 Å². The lowest BCUT2D eigenvalue weighted by atomic mass is 10.1. The highest BCUT2D eigenvalue weighted by Gasteiger charge is 2.18. The van der Waals surface area contributed by atoms with Crippen LogP contribution in [-0.2, 0) is 0 Å². The Kier molecular flexibility index (Phi) is 2.80. The van der Waals surface area contributed by atoms with Gasteiger partial charge in [0.05, 0.1) is 5.69 Å². The summed E-state index contributed by atoms with van der Waals surface area (Å²) in [7, 11) is 0. The molecule has 3 aromatic rings. The Morgan fingerprint density at radius 2 is 1.89 bits per heavy atom. The number of aryl methyl sites for hydroxylation is 1. The SMILES string of the molecule is Cc1ccc2c(N)c(C(=O)c3ccccc3)sc2n1. The Bertz CT molecular complexity index is 762. The standard InChI is InChI=1S/C15H12N2OS/c1-9-7-8-11-12(16)14(19-15(11)17-9)13(18)10-5-3-2-4-6-10/h2-8H,16H2,1H3. The molecule has 0 saturated heterocycles. The van der Waals surface area contributed by atoms with Crippen molar-refractivity contribution in [2.24, 2.45) is 0 Å². The molecule has 0 fully saturated rings. The molecular weight excluding hydrogens is 256 g/mol. The van der Waals surface area contributed by atoms with E-state index in [4.69, 9.17) is 5.73 Å². The lowest BCUT2D eigenvalue weighted by Crippen LogP contribution is -2.01. The number of carbonyl (C=O) groups is 1.